The Morgan fingerprint density at radius 1 is 0.390 bits per heavy atom. The minimum atomic E-state index is -0.183. The van der Waals surface area contributed by atoms with Gasteiger partial charge in [-0.3, -0.25) is 0 Å². The van der Waals surface area contributed by atoms with Crippen molar-refractivity contribution >= 4 is 96.2 Å². The zero-order valence-electron chi connectivity index (χ0n) is 49.8. The molecular weight excluding hydrogens is 994 g/mol. The van der Waals surface area contributed by atoms with E-state index in [0.29, 0.717) is 0 Å². The van der Waals surface area contributed by atoms with Crippen LogP contribution in [0, 0.1) is 0 Å². The van der Waals surface area contributed by atoms with Gasteiger partial charge >= 0.3 is 0 Å². The van der Waals surface area contributed by atoms with Gasteiger partial charge in [0.05, 0.1) is 0 Å². The van der Waals surface area contributed by atoms with Crippen LogP contribution in [0.1, 0.15) is 112 Å². The lowest BCUT2D eigenvalue weighted by Crippen LogP contribution is -2.61. The third-order valence-corrected chi connectivity index (χ3v) is 17.9. The topological polar surface area (TPSA) is 22.9 Å². The Labute approximate surface area is 486 Å². The first-order valence-corrected chi connectivity index (χ1v) is 29.5. The summed E-state index contributed by atoms with van der Waals surface area (Å²) in [5.41, 5.74) is 25.7. The Morgan fingerprint density at radius 2 is 0.915 bits per heavy atom. The molecule has 0 unspecified atom stereocenters. The number of anilines is 9. The normalized spacial score (nSPS) is 13.3. The van der Waals surface area contributed by atoms with E-state index in [0.717, 1.165) is 67.9 Å². The molecule has 0 radical (unpaired) electrons. The molecule has 0 N–H and O–H groups in total. The zero-order chi connectivity index (χ0) is 57.0. The van der Waals surface area contributed by atoms with Crippen LogP contribution in [0.3, 0.4) is 0 Å². The molecular formula is C77H74BN3O. The molecule has 10 aromatic carbocycles. The minimum absolute atomic E-state index is 0.0123. The van der Waals surface area contributed by atoms with Gasteiger partial charge in [-0.2, -0.15) is 0 Å². The maximum absolute atomic E-state index is 6.59. The molecule has 4 nitrogen and oxygen atoms in total. The van der Waals surface area contributed by atoms with E-state index in [4.69, 9.17) is 4.42 Å². The number of rotatable bonds is 9. The van der Waals surface area contributed by atoms with Crippen LogP contribution in [-0.4, -0.2) is 6.71 Å². The maximum atomic E-state index is 6.59. The molecule has 0 aliphatic carbocycles. The van der Waals surface area contributed by atoms with Crippen LogP contribution < -0.4 is 31.1 Å². The third-order valence-electron chi connectivity index (χ3n) is 17.9. The molecule has 0 spiro atoms. The van der Waals surface area contributed by atoms with Crippen molar-refractivity contribution in [2.75, 3.05) is 14.7 Å². The van der Waals surface area contributed by atoms with E-state index < -0.39 is 0 Å². The Morgan fingerprint density at radius 3 is 1.52 bits per heavy atom. The van der Waals surface area contributed by atoms with Gasteiger partial charge in [-0.15, -0.1) is 0 Å². The molecule has 0 fully saturated rings. The van der Waals surface area contributed by atoms with E-state index in [1.54, 1.807) is 0 Å². The summed E-state index contributed by atoms with van der Waals surface area (Å²) in [6.07, 6.45) is 1.06. The van der Waals surface area contributed by atoms with Gasteiger partial charge in [0.1, 0.15) is 11.2 Å². The highest BCUT2D eigenvalue weighted by Gasteiger charge is 2.45. The fourth-order valence-corrected chi connectivity index (χ4v) is 12.6. The van der Waals surface area contributed by atoms with Crippen molar-refractivity contribution in [3.63, 3.8) is 0 Å². The summed E-state index contributed by atoms with van der Waals surface area (Å²) in [7, 11) is 0. The first kappa shape index (κ1) is 52.8. The van der Waals surface area contributed by atoms with Crippen molar-refractivity contribution in [2.24, 2.45) is 0 Å². The first-order chi connectivity index (χ1) is 39.2. The molecule has 2 aliphatic rings. The highest BCUT2D eigenvalue weighted by molar-refractivity contribution is 7.00. The van der Waals surface area contributed by atoms with Crippen LogP contribution in [0.4, 0.5) is 51.2 Å². The summed E-state index contributed by atoms with van der Waals surface area (Å²) in [4.78, 5) is 7.60. The summed E-state index contributed by atoms with van der Waals surface area (Å²) in [6.45, 7) is 27.7. The van der Waals surface area contributed by atoms with Crippen molar-refractivity contribution in [3.05, 3.63) is 241 Å². The molecule has 0 atom stereocenters. The molecule has 0 amide bonds. The lowest BCUT2D eigenvalue weighted by atomic mass is 9.33. The molecule has 13 rings (SSSR count). The number of hydrogen-bond acceptors (Lipinski definition) is 4. The Kier molecular flexibility index (Phi) is 12.6. The number of nitrogens with zero attached hydrogens (tertiary/aromatic N) is 3. The number of hydrogen-bond donors (Lipinski definition) is 0. The zero-order valence-corrected chi connectivity index (χ0v) is 49.8. The molecule has 0 saturated heterocycles. The maximum Gasteiger partial charge on any atom is 0.252 e. The van der Waals surface area contributed by atoms with Gasteiger partial charge in [0.15, 0.2) is 0 Å². The van der Waals surface area contributed by atoms with Gasteiger partial charge in [-0.05, 0) is 168 Å². The number of furan rings is 1. The molecule has 0 bridgehead atoms. The smallest absolute Gasteiger partial charge is 0.252 e. The van der Waals surface area contributed by atoms with Crippen LogP contribution in [-0.2, 0) is 21.7 Å². The molecule has 82 heavy (non-hydrogen) atoms. The van der Waals surface area contributed by atoms with Crippen LogP contribution in [0.5, 0.6) is 0 Å². The molecule has 1 aromatic heterocycles. The van der Waals surface area contributed by atoms with E-state index in [2.05, 4.69) is 310 Å². The van der Waals surface area contributed by atoms with Crippen molar-refractivity contribution in [1.82, 2.24) is 0 Å². The highest BCUT2D eigenvalue weighted by Crippen LogP contribution is 2.49. The van der Waals surface area contributed by atoms with Crippen LogP contribution >= 0.6 is 0 Å². The Balaban J connectivity index is 1.06. The molecule has 11 aromatic rings. The summed E-state index contributed by atoms with van der Waals surface area (Å²) >= 11 is 0. The monoisotopic (exact) mass is 1070 g/mol. The molecule has 2 aliphatic heterocycles. The van der Waals surface area contributed by atoms with Crippen LogP contribution in [0.25, 0.3) is 44.2 Å². The quantitative estimate of drug-likeness (QED) is 0.134. The van der Waals surface area contributed by atoms with E-state index >= 15 is 0 Å². The van der Waals surface area contributed by atoms with E-state index in [1.807, 2.05) is 6.07 Å². The van der Waals surface area contributed by atoms with Crippen LogP contribution in [0.15, 0.2) is 223 Å². The van der Waals surface area contributed by atoms with E-state index in [9.17, 15) is 0 Å². The Hall–Kier alpha value is -8.54. The minimum Gasteiger partial charge on any atom is -0.455 e. The lowest BCUT2D eigenvalue weighted by Gasteiger charge is -2.45. The predicted octanol–water partition coefficient (Wildman–Crippen LogP) is 20.1. The average molecular weight is 1070 g/mol. The van der Waals surface area contributed by atoms with Crippen molar-refractivity contribution in [2.45, 2.75) is 111 Å². The second kappa shape index (κ2) is 19.6. The number of fused-ring (bicyclic) bond motifs is 7. The largest absolute Gasteiger partial charge is 0.455 e. The summed E-state index contributed by atoms with van der Waals surface area (Å²) in [6, 6.07) is 82.4. The summed E-state index contributed by atoms with van der Waals surface area (Å²) in [5, 5.41) is 2.26. The lowest BCUT2D eigenvalue weighted by molar-refractivity contribution is 0.506. The number of para-hydroxylation sites is 2. The number of benzene rings is 10. The second-order valence-electron chi connectivity index (χ2n) is 26.7. The van der Waals surface area contributed by atoms with Crippen molar-refractivity contribution in [1.29, 1.82) is 0 Å². The molecule has 406 valence electrons. The van der Waals surface area contributed by atoms with Gasteiger partial charge in [-0.1, -0.05) is 217 Å². The van der Waals surface area contributed by atoms with Gasteiger partial charge in [0, 0.05) is 67.5 Å². The highest BCUT2D eigenvalue weighted by atomic mass is 16.3. The predicted molar refractivity (Wildman–Crippen MR) is 353 cm³/mol. The Bertz CT molecular complexity index is 4210. The first-order valence-electron chi connectivity index (χ1n) is 29.5. The second-order valence-corrected chi connectivity index (χ2v) is 26.7. The van der Waals surface area contributed by atoms with E-state index in [1.165, 1.54) is 72.5 Å². The third kappa shape index (κ3) is 9.10. The molecule has 3 heterocycles. The average Bonchev–Trinajstić information content (AvgIpc) is 3.57. The standard InChI is InChI=1S/C77H74BN3O/c1-13-77(11,12)55-33-41-58(42-34-55)79(57-37-29-53(30-38-57)74(2,3)4)61-43-44-65-68(49-61)81(60-39-31-54(32-40-60)75(5,6)7)70-48-56(76(8,9)10)47-69-72(70)78(65)66-46-52(50-20-15-14-16-21-50)28-45-67(66)80(69)59-35-26-51(27-36-59)62-23-19-24-64-63-22-17-18-25-71(63)82-73(62)64/h14-49H,13H2,1-12H3. The van der Waals surface area contributed by atoms with Gasteiger partial charge < -0.3 is 19.1 Å². The van der Waals surface area contributed by atoms with Gasteiger partial charge in [0.25, 0.3) is 6.71 Å². The summed E-state index contributed by atoms with van der Waals surface area (Å²) < 4.78 is 6.59. The van der Waals surface area contributed by atoms with Crippen molar-refractivity contribution < 1.29 is 4.42 Å². The summed E-state index contributed by atoms with van der Waals surface area (Å²) in [5.74, 6) is 0. The van der Waals surface area contributed by atoms with Gasteiger partial charge in [-0.25, -0.2) is 0 Å². The van der Waals surface area contributed by atoms with Gasteiger partial charge in [0.2, 0.25) is 0 Å². The fourth-order valence-electron chi connectivity index (χ4n) is 12.6. The SMILES string of the molecule is CCC(C)(C)c1ccc(N(c2ccc(C(C)(C)C)cc2)c2ccc3c(c2)N(c2ccc(C(C)(C)C)cc2)c2cc(C(C)(C)C)cc4c2B3c2cc(-c3ccccc3)ccc2N4c2ccc(-c3cccc4c3oc3ccccc34)cc2)cc1. The van der Waals surface area contributed by atoms with Crippen LogP contribution in [0.2, 0.25) is 0 Å². The van der Waals surface area contributed by atoms with E-state index in [-0.39, 0.29) is 28.4 Å². The molecule has 5 heteroatoms. The fraction of sp³-hybridized carbons (Fsp3) is 0.221. The van der Waals surface area contributed by atoms with Crippen molar-refractivity contribution in [3.8, 4) is 22.3 Å². The molecule has 0 saturated carbocycles.